The molecular weight excluding hydrogens is 160 g/mol. The van der Waals surface area contributed by atoms with Crippen molar-refractivity contribution in [3.63, 3.8) is 0 Å². The summed E-state index contributed by atoms with van der Waals surface area (Å²) >= 11 is 12.0. The Hall–Kier alpha value is 1.01. The van der Waals surface area contributed by atoms with Crippen molar-refractivity contribution < 1.29 is 5.11 Å². The molecule has 0 amide bonds. The minimum Gasteiger partial charge on any atom is -0.396 e. The lowest BCUT2D eigenvalue weighted by molar-refractivity contribution is 0.250. The fourth-order valence-electron chi connectivity index (χ4n) is 0.246. The predicted octanol–water partition coefficient (Wildman–Crippen LogP) is 0.710. The summed E-state index contributed by atoms with van der Waals surface area (Å²) in [6.45, 7) is 0.112. The smallest absolute Gasteiger partial charge is 0.0500 e. The highest BCUT2D eigenvalue weighted by Gasteiger charge is 2.09. The molecule has 0 aromatic rings. The first-order valence-corrected chi connectivity index (χ1v) is 3.96. The first kappa shape index (κ1) is 9.01. The van der Waals surface area contributed by atoms with E-state index >= 15 is 0 Å². The van der Waals surface area contributed by atoms with Crippen LogP contribution < -0.4 is 0 Å². The van der Waals surface area contributed by atoms with Gasteiger partial charge in [-0.15, -0.1) is 0 Å². The van der Waals surface area contributed by atoms with E-state index in [-0.39, 0.29) is 17.1 Å². The molecule has 0 fully saturated rings. The van der Waals surface area contributed by atoms with Gasteiger partial charge in [0.05, 0.1) is 0 Å². The Morgan fingerprint density at radius 3 is 1.88 bits per heavy atom. The third-order valence-electron chi connectivity index (χ3n) is 0.891. The zero-order chi connectivity index (χ0) is 6.57. The largest absolute Gasteiger partial charge is 0.396 e. The van der Waals surface area contributed by atoms with E-state index in [1.54, 1.807) is 0 Å². The molecule has 0 saturated heterocycles. The van der Waals surface area contributed by atoms with Crippen molar-refractivity contribution in [1.82, 2.24) is 0 Å². The van der Waals surface area contributed by atoms with Crippen LogP contribution in [0.15, 0.2) is 0 Å². The highest BCUT2D eigenvalue weighted by atomic mass is 32.2. The summed E-state index contributed by atoms with van der Waals surface area (Å²) in [7, 11) is 0. The van der Waals surface area contributed by atoms with Gasteiger partial charge in [-0.2, -0.15) is 37.9 Å². The highest BCUT2D eigenvalue weighted by molar-refractivity contribution is 7.99. The van der Waals surface area contributed by atoms with E-state index in [9.17, 15) is 0 Å². The van der Waals surface area contributed by atoms with Gasteiger partial charge in [-0.05, 0) is 5.75 Å². The third kappa shape index (κ3) is 3.12. The maximum absolute atomic E-state index is 8.55. The Morgan fingerprint density at radius 1 is 1.38 bits per heavy atom. The van der Waals surface area contributed by atoms with Gasteiger partial charge in [-0.3, -0.25) is 0 Å². The maximum Gasteiger partial charge on any atom is 0.0500 e. The van der Waals surface area contributed by atoms with Gasteiger partial charge in [0.15, 0.2) is 0 Å². The molecule has 0 aliphatic rings. The second-order valence-electron chi connectivity index (χ2n) is 1.54. The molecule has 0 rings (SSSR count). The van der Waals surface area contributed by atoms with Gasteiger partial charge in [0.25, 0.3) is 0 Å². The van der Waals surface area contributed by atoms with Crippen LogP contribution in [0.3, 0.4) is 0 Å². The highest BCUT2D eigenvalue weighted by Crippen LogP contribution is 2.14. The number of hydrogen-bond donors (Lipinski definition) is 4. The van der Waals surface area contributed by atoms with Crippen molar-refractivity contribution in [3.05, 3.63) is 0 Å². The van der Waals surface area contributed by atoms with Crippen molar-refractivity contribution in [2.75, 3.05) is 12.4 Å². The fraction of sp³-hybridized carbons (Fsp3) is 1.00. The zero-order valence-corrected chi connectivity index (χ0v) is 7.04. The molecule has 0 aromatic heterocycles. The molecule has 4 heteroatoms. The molecule has 1 unspecified atom stereocenters. The number of rotatable bonds is 3. The number of aliphatic hydroxyl groups excluding tert-OH is 1. The molecule has 8 heavy (non-hydrogen) atoms. The normalized spacial score (nSPS) is 14.6. The zero-order valence-electron chi connectivity index (χ0n) is 4.36. The molecule has 1 N–H and O–H groups in total. The van der Waals surface area contributed by atoms with E-state index in [0.717, 1.165) is 0 Å². The van der Waals surface area contributed by atoms with Gasteiger partial charge in [0.1, 0.15) is 0 Å². The number of aliphatic hydroxyl groups is 1. The molecule has 1 nitrogen and oxygen atoms in total. The molecule has 0 aromatic carbocycles. The van der Waals surface area contributed by atoms with Crippen LogP contribution in [-0.4, -0.2) is 22.0 Å². The summed E-state index contributed by atoms with van der Waals surface area (Å²) < 4.78 is -0.0579. The monoisotopic (exact) mass is 170 g/mol. The molecular formula is C4H10OS3. The van der Waals surface area contributed by atoms with Crippen molar-refractivity contribution in [2.24, 2.45) is 5.92 Å². The minimum atomic E-state index is -0.0579. The topological polar surface area (TPSA) is 20.2 Å². The summed E-state index contributed by atoms with van der Waals surface area (Å²) in [4.78, 5) is 0. The van der Waals surface area contributed by atoms with Crippen LogP contribution in [0.2, 0.25) is 0 Å². The Morgan fingerprint density at radius 2 is 1.88 bits per heavy atom. The number of thiol groups is 3. The van der Waals surface area contributed by atoms with E-state index in [1.807, 2.05) is 0 Å². The summed E-state index contributed by atoms with van der Waals surface area (Å²) in [5.74, 6) is 0.735. The first-order valence-electron chi connectivity index (χ1n) is 2.30. The maximum atomic E-state index is 8.55. The Balaban J connectivity index is 3.35. The van der Waals surface area contributed by atoms with Crippen LogP contribution >= 0.6 is 37.9 Å². The third-order valence-corrected chi connectivity index (χ3v) is 2.20. The quantitative estimate of drug-likeness (QED) is 0.363. The van der Waals surface area contributed by atoms with Crippen LogP contribution in [-0.2, 0) is 0 Å². The minimum absolute atomic E-state index is 0.0579. The van der Waals surface area contributed by atoms with Gasteiger partial charge < -0.3 is 5.11 Å². The fourth-order valence-corrected chi connectivity index (χ4v) is 1.30. The first-order chi connectivity index (χ1) is 3.72. The second kappa shape index (κ2) is 4.85. The standard InChI is InChI=1S/C4H10OS3/c5-1-3(2-6)4(7)8/h3-8H,1-2H2. The summed E-state index contributed by atoms with van der Waals surface area (Å²) in [5, 5.41) is 8.55. The summed E-state index contributed by atoms with van der Waals surface area (Å²) in [5.41, 5.74) is 0. The molecule has 50 valence electrons. The van der Waals surface area contributed by atoms with Crippen LogP contribution in [0, 0.1) is 5.92 Å². The van der Waals surface area contributed by atoms with Gasteiger partial charge in [-0.25, -0.2) is 0 Å². The summed E-state index contributed by atoms with van der Waals surface area (Å²) in [6, 6.07) is 0. The van der Waals surface area contributed by atoms with Crippen LogP contribution in [0.5, 0.6) is 0 Å². The number of hydrogen-bond acceptors (Lipinski definition) is 4. The van der Waals surface area contributed by atoms with Gasteiger partial charge >= 0.3 is 0 Å². The predicted molar refractivity (Wildman–Crippen MR) is 46.2 cm³/mol. The Bertz CT molecular complexity index is 53.2. The van der Waals surface area contributed by atoms with E-state index < -0.39 is 0 Å². The molecule has 0 bridgehead atoms. The second-order valence-corrected chi connectivity index (χ2v) is 3.42. The molecule has 0 spiro atoms. The van der Waals surface area contributed by atoms with Crippen molar-refractivity contribution in [2.45, 2.75) is 4.58 Å². The van der Waals surface area contributed by atoms with Crippen LogP contribution in [0.1, 0.15) is 0 Å². The molecule has 0 saturated carbocycles. The SMILES string of the molecule is OCC(CS)C(S)S. The van der Waals surface area contributed by atoms with Crippen LogP contribution in [0.25, 0.3) is 0 Å². The average molecular weight is 170 g/mol. The molecule has 0 heterocycles. The lowest BCUT2D eigenvalue weighted by Gasteiger charge is -2.12. The average Bonchev–Trinajstić information content (AvgIpc) is 1.69. The molecule has 0 aliphatic carbocycles. The summed E-state index contributed by atoms with van der Waals surface area (Å²) in [6.07, 6.45) is 0. The molecule has 1 atom stereocenters. The van der Waals surface area contributed by atoms with Gasteiger partial charge in [-0.1, -0.05) is 0 Å². The van der Waals surface area contributed by atoms with E-state index in [4.69, 9.17) is 5.11 Å². The van der Waals surface area contributed by atoms with Crippen molar-refractivity contribution in [3.8, 4) is 0 Å². The Labute approximate surface area is 66.1 Å². The van der Waals surface area contributed by atoms with Gasteiger partial charge in [0, 0.05) is 17.1 Å². The van der Waals surface area contributed by atoms with Crippen molar-refractivity contribution >= 4 is 37.9 Å². The van der Waals surface area contributed by atoms with E-state index in [0.29, 0.717) is 5.75 Å². The molecule has 0 radical (unpaired) electrons. The van der Waals surface area contributed by atoms with E-state index in [2.05, 4.69) is 37.9 Å². The van der Waals surface area contributed by atoms with E-state index in [1.165, 1.54) is 0 Å². The lowest BCUT2D eigenvalue weighted by atomic mass is 10.2. The van der Waals surface area contributed by atoms with Crippen LogP contribution in [0.4, 0.5) is 0 Å². The Kier molecular flexibility index (Phi) is 5.46. The van der Waals surface area contributed by atoms with Crippen molar-refractivity contribution in [1.29, 1.82) is 0 Å². The molecule has 0 aliphatic heterocycles. The van der Waals surface area contributed by atoms with Gasteiger partial charge in [0.2, 0.25) is 0 Å². The lowest BCUT2D eigenvalue weighted by Crippen LogP contribution is -2.15.